The highest BCUT2D eigenvalue weighted by Gasteiger charge is 2.03. The van der Waals surface area contributed by atoms with Crippen LogP contribution in [-0.2, 0) is 6.42 Å². The van der Waals surface area contributed by atoms with Gasteiger partial charge in [0.2, 0.25) is 0 Å². The van der Waals surface area contributed by atoms with Gasteiger partial charge < -0.3 is 4.74 Å². The zero-order chi connectivity index (χ0) is 20.0. The van der Waals surface area contributed by atoms with E-state index in [1.165, 1.54) is 51.4 Å². The second-order valence-electron chi connectivity index (χ2n) is 7.96. The molecule has 2 aromatic rings. The van der Waals surface area contributed by atoms with Crippen molar-refractivity contribution in [3.63, 3.8) is 0 Å². The topological polar surface area (TPSA) is 35.0 Å². The average Bonchev–Trinajstić information content (AvgIpc) is 2.74. The second kappa shape index (κ2) is 13.3. The summed E-state index contributed by atoms with van der Waals surface area (Å²) in [5.74, 6) is 1.72. The van der Waals surface area contributed by atoms with Crippen molar-refractivity contribution in [2.45, 2.75) is 85.0 Å². The predicted molar refractivity (Wildman–Crippen MR) is 119 cm³/mol. The molecule has 3 nitrogen and oxygen atoms in total. The molecule has 0 radical (unpaired) electrons. The number of ether oxygens (including phenoxy) is 1. The van der Waals surface area contributed by atoms with Gasteiger partial charge in [0.15, 0.2) is 0 Å². The van der Waals surface area contributed by atoms with E-state index in [4.69, 9.17) is 4.74 Å². The van der Waals surface area contributed by atoms with Crippen molar-refractivity contribution in [3.05, 3.63) is 42.1 Å². The van der Waals surface area contributed by atoms with E-state index in [0.717, 1.165) is 48.1 Å². The van der Waals surface area contributed by atoms with Gasteiger partial charge in [0.1, 0.15) is 5.75 Å². The molecule has 0 bridgehead atoms. The molecule has 0 aliphatic rings. The van der Waals surface area contributed by atoms with Gasteiger partial charge in [0.25, 0.3) is 0 Å². The maximum atomic E-state index is 5.85. The molecule has 0 fully saturated rings. The molecule has 1 heterocycles. The fourth-order valence-electron chi connectivity index (χ4n) is 3.28. The summed E-state index contributed by atoms with van der Waals surface area (Å²) in [6, 6.07) is 12.4. The quantitative estimate of drug-likeness (QED) is 0.323. The summed E-state index contributed by atoms with van der Waals surface area (Å²) in [4.78, 5) is 0. The van der Waals surface area contributed by atoms with Crippen LogP contribution >= 0.6 is 0 Å². The fourth-order valence-corrected chi connectivity index (χ4v) is 3.28. The van der Waals surface area contributed by atoms with E-state index in [1.807, 2.05) is 12.1 Å². The lowest BCUT2D eigenvalue weighted by Gasteiger charge is -2.10. The molecular formula is C25H38N2O. The SMILES string of the molecule is CCCCCCCCc1ccc(-c2ccc(OCCCC(C)CC)cc2)nn1. The van der Waals surface area contributed by atoms with Gasteiger partial charge in [-0.3, -0.25) is 0 Å². The molecule has 0 saturated heterocycles. The first-order valence-electron chi connectivity index (χ1n) is 11.3. The number of benzene rings is 1. The summed E-state index contributed by atoms with van der Waals surface area (Å²) in [6.07, 6.45) is 12.5. The monoisotopic (exact) mass is 382 g/mol. The summed E-state index contributed by atoms with van der Waals surface area (Å²) < 4.78 is 5.85. The van der Waals surface area contributed by atoms with Gasteiger partial charge in [-0.1, -0.05) is 59.3 Å². The number of hydrogen-bond acceptors (Lipinski definition) is 3. The molecule has 0 N–H and O–H groups in total. The number of nitrogens with zero attached hydrogens (tertiary/aromatic N) is 2. The van der Waals surface area contributed by atoms with Gasteiger partial charge in [-0.25, -0.2) is 0 Å². The lowest BCUT2D eigenvalue weighted by molar-refractivity contribution is 0.294. The Morgan fingerprint density at radius 2 is 1.57 bits per heavy atom. The van der Waals surface area contributed by atoms with Crippen LogP contribution in [0.2, 0.25) is 0 Å². The van der Waals surface area contributed by atoms with Crippen molar-refractivity contribution in [1.82, 2.24) is 10.2 Å². The Morgan fingerprint density at radius 3 is 2.25 bits per heavy atom. The van der Waals surface area contributed by atoms with Gasteiger partial charge in [-0.05, 0) is 68.0 Å². The molecule has 0 saturated carbocycles. The third-order valence-corrected chi connectivity index (χ3v) is 5.46. The third kappa shape index (κ3) is 8.41. The Bertz CT molecular complexity index is 637. The minimum absolute atomic E-state index is 0.786. The molecular weight excluding hydrogens is 344 g/mol. The average molecular weight is 383 g/mol. The van der Waals surface area contributed by atoms with E-state index in [-0.39, 0.29) is 0 Å². The summed E-state index contributed by atoms with van der Waals surface area (Å²) >= 11 is 0. The number of unbranched alkanes of at least 4 members (excludes halogenated alkanes) is 5. The lowest BCUT2D eigenvalue weighted by atomic mass is 10.0. The fraction of sp³-hybridized carbons (Fsp3) is 0.600. The van der Waals surface area contributed by atoms with E-state index in [1.54, 1.807) is 0 Å². The van der Waals surface area contributed by atoms with Crippen molar-refractivity contribution in [2.75, 3.05) is 6.61 Å². The van der Waals surface area contributed by atoms with Crippen LogP contribution in [-0.4, -0.2) is 16.8 Å². The van der Waals surface area contributed by atoms with Crippen LogP contribution < -0.4 is 4.74 Å². The summed E-state index contributed by atoms with van der Waals surface area (Å²) in [5.41, 5.74) is 3.11. The van der Waals surface area contributed by atoms with Gasteiger partial charge in [-0.15, -0.1) is 0 Å². The molecule has 1 unspecified atom stereocenters. The normalized spacial score (nSPS) is 12.1. The number of aryl methyl sites for hydroxylation is 1. The first kappa shape index (κ1) is 22.4. The van der Waals surface area contributed by atoms with Gasteiger partial charge in [0.05, 0.1) is 18.0 Å². The van der Waals surface area contributed by atoms with E-state index in [9.17, 15) is 0 Å². The molecule has 2 rings (SSSR count). The molecule has 154 valence electrons. The summed E-state index contributed by atoms with van der Waals surface area (Å²) in [7, 11) is 0. The van der Waals surface area contributed by atoms with Crippen LogP contribution in [0, 0.1) is 5.92 Å². The van der Waals surface area contributed by atoms with Gasteiger partial charge >= 0.3 is 0 Å². The Balaban J connectivity index is 1.74. The Morgan fingerprint density at radius 1 is 0.821 bits per heavy atom. The molecule has 0 aliphatic carbocycles. The lowest BCUT2D eigenvalue weighted by Crippen LogP contribution is -2.01. The molecule has 1 aromatic carbocycles. The van der Waals surface area contributed by atoms with E-state index >= 15 is 0 Å². The highest BCUT2D eigenvalue weighted by molar-refractivity contribution is 5.59. The second-order valence-corrected chi connectivity index (χ2v) is 7.96. The minimum atomic E-state index is 0.786. The standard InChI is InChI=1S/C25H38N2O/c1-4-6-7-8-9-10-13-23-16-19-25(27-26-23)22-14-17-24(18-15-22)28-20-11-12-21(3)5-2/h14-19,21H,4-13,20H2,1-3H3. The number of hydrogen-bond donors (Lipinski definition) is 0. The molecule has 0 aliphatic heterocycles. The van der Waals surface area contributed by atoms with Crippen molar-refractivity contribution >= 4 is 0 Å². The number of rotatable bonds is 14. The molecule has 0 spiro atoms. The minimum Gasteiger partial charge on any atom is -0.494 e. The summed E-state index contributed by atoms with van der Waals surface area (Å²) in [6.45, 7) is 7.59. The van der Waals surface area contributed by atoms with Crippen molar-refractivity contribution in [1.29, 1.82) is 0 Å². The van der Waals surface area contributed by atoms with Gasteiger partial charge in [0, 0.05) is 5.56 Å². The molecule has 0 amide bonds. The first-order valence-corrected chi connectivity index (χ1v) is 11.3. The number of aromatic nitrogens is 2. The summed E-state index contributed by atoms with van der Waals surface area (Å²) in [5, 5.41) is 8.84. The van der Waals surface area contributed by atoms with Crippen LogP contribution in [0.5, 0.6) is 5.75 Å². The van der Waals surface area contributed by atoms with Crippen LogP contribution in [0.3, 0.4) is 0 Å². The third-order valence-electron chi connectivity index (χ3n) is 5.46. The Kier molecular flexibility index (Phi) is 10.6. The van der Waals surface area contributed by atoms with Crippen LogP contribution in [0.15, 0.2) is 36.4 Å². The van der Waals surface area contributed by atoms with Gasteiger partial charge in [-0.2, -0.15) is 10.2 Å². The molecule has 1 atom stereocenters. The van der Waals surface area contributed by atoms with Crippen LogP contribution in [0.25, 0.3) is 11.3 Å². The Hall–Kier alpha value is -1.90. The first-order chi connectivity index (χ1) is 13.7. The van der Waals surface area contributed by atoms with E-state index in [0.29, 0.717) is 0 Å². The highest BCUT2D eigenvalue weighted by Crippen LogP contribution is 2.21. The van der Waals surface area contributed by atoms with E-state index < -0.39 is 0 Å². The smallest absolute Gasteiger partial charge is 0.119 e. The predicted octanol–water partition coefficient (Wildman–Crippen LogP) is 7.25. The van der Waals surface area contributed by atoms with E-state index in [2.05, 4.69) is 55.2 Å². The molecule has 3 heteroatoms. The highest BCUT2D eigenvalue weighted by atomic mass is 16.5. The maximum Gasteiger partial charge on any atom is 0.119 e. The molecule has 1 aromatic heterocycles. The van der Waals surface area contributed by atoms with Crippen molar-refractivity contribution in [3.8, 4) is 17.0 Å². The largest absolute Gasteiger partial charge is 0.494 e. The maximum absolute atomic E-state index is 5.85. The van der Waals surface area contributed by atoms with Crippen molar-refractivity contribution in [2.24, 2.45) is 5.92 Å². The Labute approximate surface area is 171 Å². The zero-order valence-corrected chi connectivity index (χ0v) is 18.1. The van der Waals surface area contributed by atoms with Crippen LogP contribution in [0.1, 0.15) is 84.3 Å². The molecule has 28 heavy (non-hydrogen) atoms. The zero-order valence-electron chi connectivity index (χ0n) is 18.1. The van der Waals surface area contributed by atoms with Crippen LogP contribution in [0.4, 0.5) is 0 Å². The van der Waals surface area contributed by atoms with Crippen molar-refractivity contribution < 1.29 is 4.74 Å².